The molecule has 0 heterocycles. The molecule has 2 rings (SSSR count). The topological polar surface area (TPSA) is 21.6 Å². The average molecular weight is 272 g/mol. The highest BCUT2D eigenvalue weighted by atomic mass is 35.5. The second-order valence-corrected chi connectivity index (χ2v) is 4.19. The first-order chi connectivity index (χ1) is 9.31. The third kappa shape index (κ3) is 3.70. The molecule has 0 atom stereocenters. The molecular formula is C16H14ClNO. The average Bonchev–Trinajstić information content (AvgIpc) is 2.46. The van der Waals surface area contributed by atoms with E-state index < -0.39 is 0 Å². The van der Waals surface area contributed by atoms with Crippen LogP contribution in [0.15, 0.2) is 72.2 Å². The van der Waals surface area contributed by atoms with Gasteiger partial charge in [-0.15, -0.1) is 0 Å². The largest absolute Gasteiger partial charge is 0.489 e. The lowest BCUT2D eigenvalue weighted by atomic mass is 10.2. The minimum Gasteiger partial charge on any atom is -0.489 e. The van der Waals surface area contributed by atoms with Crippen molar-refractivity contribution in [3.63, 3.8) is 0 Å². The molecule has 0 aliphatic heterocycles. The van der Waals surface area contributed by atoms with Crippen molar-refractivity contribution in [2.24, 2.45) is 4.99 Å². The lowest BCUT2D eigenvalue weighted by Crippen LogP contribution is -2.00. The summed E-state index contributed by atoms with van der Waals surface area (Å²) in [5.74, 6) is 0.701. The number of rotatable bonds is 5. The molecule has 0 bridgehead atoms. The highest BCUT2D eigenvalue weighted by molar-refractivity contribution is 6.70. The second-order valence-electron chi connectivity index (χ2n) is 3.83. The molecule has 0 N–H and O–H groups in total. The van der Waals surface area contributed by atoms with Crippen LogP contribution in [0.25, 0.3) is 0 Å². The molecule has 0 aromatic heterocycles. The summed E-state index contributed by atoms with van der Waals surface area (Å²) in [4.78, 5) is 4.37. The Kier molecular flexibility index (Phi) is 4.76. The molecule has 19 heavy (non-hydrogen) atoms. The minimum atomic E-state index is 0.408. The first kappa shape index (κ1) is 13.4. The number of nitrogens with zero attached hydrogens (tertiary/aromatic N) is 1. The van der Waals surface area contributed by atoms with Gasteiger partial charge in [-0.2, -0.15) is 0 Å². The van der Waals surface area contributed by atoms with Gasteiger partial charge in [0.1, 0.15) is 17.5 Å². The predicted molar refractivity (Wildman–Crippen MR) is 80.6 cm³/mol. The number of hydrogen-bond donors (Lipinski definition) is 0. The van der Waals surface area contributed by atoms with Gasteiger partial charge >= 0.3 is 0 Å². The van der Waals surface area contributed by atoms with Crippen molar-refractivity contribution in [1.82, 2.24) is 0 Å². The quantitative estimate of drug-likeness (QED) is 0.577. The van der Waals surface area contributed by atoms with Crippen LogP contribution in [0.1, 0.15) is 5.56 Å². The van der Waals surface area contributed by atoms with Crippen molar-refractivity contribution < 1.29 is 4.74 Å². The Balaban J connectivity index is 2.30. The van der Waals surface area contributed by atoms with E-state index in [1.54, 1.807) is 6.08 Å². The van der Waals surface area contributed by atoms with Crippen LogP contribution in [-0.2, 0) is 0 Å². The molecule has 0 aliphatic carbocycles. The van der Waals surface area contributed by atoms with E-state index in [2.05, 4.69) is 11.6 Å². The van der Waals surface area contributed by atoms with Crippen LogP contribution in [-0.4, -0.2) is 11.8 Å². The van der Waals surface area contributed by atoms with E-state index in [1.165, 1.54) is 0 Å². The SMILES string of the molecule is C=CCOc1ccccc1C(Cl)=Nc1ccccc1. The molecule has 2 aromatic rings. The zero-order valence-corrected chi connectivity index (χ0v) is 11.2. The first-order valence-corrected chi connectivity index (χ1v) is 6.31. The van der Waals surface area contributed by atoms with Crippen molar-refractivity contribution in [2.45, 2.75) is 0 Å². The standard InChI is InChI=1S/C16H14ClNO/c1-2-12-19-15-11-7-6-10-14(15)16(17)18-13-8-4-3-5-9-13/h2-11H,1,12H2. The third-order valence-corrected chi connectivity index (χ3v) is 2.74. The van der Waals surface area contributed by atoms with Crippen molar-refractivity contribution in [3.05, 3.63) is 72.8 Å². The molecule has 0 unspecified atom stereocenters. The molecule has 2 nitrogen and oxygen atoms in total. The van der Waals surface area contributed by atoms with Gasteiger partial charge in [0.2, 0.25) is 0 Å². The molecular weight excluding hydrogens is 258 g/mol. The van der Waals surface area contributed by atoms with Crippen LogP contribution < -0.4 is 4.74 Å². The fourth-order valence-corrected chi connectivity index (χ4v) is 1.84. The van der Waals surface area contributed by atoms with Crippen LogP contribution in [0.2, 0.25) is 0 Å². The van der Waals surface area contributed by atoms with Gasteiger partial charge in [0.15, 0.2) is 0 Å². The van der Waals surface area contributed by atoms with Gasteiger partial charge < -0.3 is 4.74 Å². The number of hydrogen-bond acceptors (Lipinski definition) is 2. The summed E-state index contributed by atoms with van der Waals surface area (Å²) in [6, 6.07) is 17.1. The second kappa shape index (κ2) is 6.76. The first-order valence-electron chi connectivity index (χ1n) is 5.93. The van der Waals surface area contributed by atoms with Gasteiger partial charge in [0.05, 0.1) is 11.3 Å². The highest BCUT2D eigenvalue weighted by Gasteiger charge is 2.07. The summed E-state index contributed by atoms with van der Waals surface area (Å²) in [5.41, 5.74) is 1.58. The Labute approximate surface area is 118 Å². The van der Waals surface area contributed by atoms with Crippen LogP contribution in [0.5, 0.6) is 5.75 Å². The predicted octanol–water partition coefficient (Wildman–Crippen LogP) is 4.57. The molecule has 0 fully saturated rings. The van der Waals surface area contributed by atoms with Crippen LogP contribution in [0, 0.1) is 0 Å². The van der Waals surface area contributed by atoms with E-state index in [0.717, 1.165) is 11.3 Å². The lowest BCUT2D eigenvalue weighted by Gasteiger charge is -2.08. The van der Waals surface area contributed by atoms with E-state index in [-0.39, 0.29) is 0 Å². The van der Waals surface area contributed by atoms with Gasteiger partial charge in [0, 0.05) is 0 Å². The summed E-state index contributed by atoms with van der Waals surface area (Å²) in [5, 5.41) is 0.408. The zero-order valence-electron chi connectivity index (χ0n) is 10.4. The molecule has 0 radical (unpaired) electrons. The van der Waals surface area contributed by atoms with Crippen LogP contribution in [0.4, 0.5) is 5.69 Å². The van der Waals surface area contributed by atoms with Crippen LogP contribution >= 0.6 is 11.6 Å². The van der Waals surface area contributed by atoms with E-state index >= 15 is 0 Å². The third-order valence-electron chi connectivity index (χ3n) is 2.45. The number of benzene rings is 2. The highest BCUT2D eigenvalue weighted by Crippen LogP contribution is 2.23. The smallest absolute Gasteiger partial charge is 0.140 e. The summed E-state index contributed by atoms with van der Waals surface area (Å²) >= 11 is 6.27. The van der Waals surface area contributed by atoms with Gasteiger partial charge in [-0.25, -0.2) is 4.99 Å². The molecule has 0 saturated carbocycles. The van der Waals surface area contributed by atoms with Gasteiger partial charge in [-0.3, -0.25) is 0 Å². The maximum Gasteiger partial charge on any atom is 0.140 e. The Bertz CT molecular complexity index is 578. The number of halogens is 1. The van der Waals surface area contributed by atoms with Gasteiger partial charge in [-0.1, -0.05) is 54.6 Å². The number of aliphatic imine (C=N–C) groups is 1. The van der Waals surface area contributed by atoms with E-state index in [4.69, 9.17) is 16.3 Å². The molecule has 3 heteroatoms. The van der Waals surface area contributed by atoms with Crippen molar-refractivity contribution in [2.75, 3.05) is 6.61 Å². The monoisotopic (exact) mass is 271 g/mol. The van der Waals surface area contributed by atoms with Crippen molar-refractivity contribution in [1.29, 1.82) is 0 Å². The number of ether oxygens (including phenoxy) is 1. The Morgan fingerprint density at radius 3 is 2.53 bits per heavy atom. The maximum atomic E-state index is 6.27. The molecule has 0 saturated heterocycles. The van der Waals surface area contributed by atoms with Gasteiger partial charge in [-0.05, 0) is 24.3 Å². The fourth-order valence-electron chi connectivity index (χ4n) is 1.59. The fraction of sp³-hybridized carbons (Fsp3) is 0.0625. The van der Waals surface area contributed by atoms with Crippen LogP contribution in [0.3, 0.4) is 0 Å². The summed E-state index contributed by atoms with van der Waals surface area (Å²) < 4.78 is 5.56. The normalized spacial score (nSPS) is 11.1. The van der Waals surface area contributed by atoms with E-state index in [1.807, 2.05) is 54.6 Å². The maximum absolute atomic E-state index is 6.27. The summed E-state index contributed by atoms with van der Waals surface area (Å²) in [7, 11) is 0. The molecule has 2 aromatic carbocycles. The van der Waals surface area contributed by atoms with Gasteiger partial charge in [0.25, 0.3) is 0 Å². The molecule has 96 valence electrons. The lowest BCUT2D eigenvalue weighted by molar-refractivity contribution is 0.362. The van der Waals surface area contributed by atoms with E-state index in [9.17, 15) is 0 Å². The van der Waals surface area contributed by atoms with Crippen molar-refractivity contribution >= 4 is 22.5 Å². The Morgan fingerprint density at radius 1 is 1.11 bits per heavy atom. The summed E-state index contributed by atoms with van der Waals surface area (Å²) in [6.07, 6.45) is 1.69. The van der Waals surface area contributed by atoms with E-state index in [0.29, 0.717) is 17.5 Å². The van der Waals surface area contributed by atoms with Crippen molar-refractivity contribution in [3.8, 4) is 5.75 Å². The minimum absolute atomic E-state index is 0.408. The molecule has 0 spiro atoms. The number of para-hydroxylation sites is 2. The summed E-state index contributed by atoms with van der Waals surface area (Å²) in [6.45, 7) is 4.07. The Hall–Kier alpha value is -2.06. The zero-order chi connectivity index (χ0) is 13.5. The Morgan fingerprint density at radius 2 is 1.79 bits per heavy atom. The molecule has 0 aliphatic rings. The molecule has 0 amide bonds.